The Hall–Kier alpha value is -1.72. The molecule has 1 N–H and O–H groups in total. The second-order valence-electron chi connectivity index (χ2n) is 4.19. The fourth-order valence-electron chi connectivity index (χ4n) is 1.90. The molecule has 0 fully saturated rings. The molecule has 7 heteroatoms. The van der Waals surface area contributed by atoms with Crippen LogP contribution in [0.5, 0.6) is 0 Å². The highest BCUT2D eigenvalue weighted by molar-refractivity contribution is 6.41. The predicted octanol–water partition coefficient (Wildman–Crippen LogP) is 4.13. The minimum atomic E-state index is -0.616. The number of nitrogens with zero attached hydrogens (tertiary/aromatic N) is 2. The molecule has 102 valence electrons. The Balaban J connectivity index is 2.03. The number of fused-ring (bicyclic) bond motifs is 1. The van der Waals surface area contributed by atoms with Gasteiger partial charge >= 0.3 is 0 Å². The fourth-order valence-corrected chi connectivity index (χ4v) is 2.18. The zero-order valence-corrected chi connectivity index (χ0v) is 11.4. The van der Waals surface area contributed by atoms with Gasteiger partial charge in [0.25, 0.3) is 0 Å². The van der Waals surface area contributed by atoms with Gasteiger partial charge in [0.1, 0.15) is 22.6 Å². The van der Waals surface area contributed by atoms with E-state index in [1.807, 2.05) is 0 Å². The molecule has 2 heterocycles. The van der Waals surface area contributed by atoms with Gasteiger partial charge in [-0.1, -0.05) is 29.3 Å². The quantitative estimate of drug-likeness (QED) is 0.723. The van der Waals surface area contributed by atoms with Crippen LogP contribution in [0.4, 0.5) is 8.78 Å². The van der Waals surface area contributed by atoms with Gasteiger partial charge in [-0.15, -0.1) is 0 Å². The Morgan fingerprint density at radius 2 is 1.80 bits per heavy atom. The maximum atomic E-state index is 13.6. The highest BCUT2D eigenvalue weighted by atomic mass is 35.5. The van der Waals surface area contributed by atoms with Crippen LogP contribution < -0.4 is 0 Å². The van der Waals surface area contributed by atoms with Gasteiger partial charge < -0.3 is 4.98 Å². The number of hydrogen-bond acceptors (Lipinski definition) is 2. The molecular weight excluding hydrogens is 307 g/mol. The number of rotatable bonds is 2. The molecular formula is C13H7Cl2F2N3. The molecule has 0 unspecified atom stereocenters. The molecule has 0 bridgehead atoms. The van der Waals surface area contributed by atoms with E-state index in [4.69, 9.17) is 23.2 Å². The summed E-state index contributed by atoms with van der Waals surface area (Å²) in [6.45, 7) is 0. The maximum absolute atomic E-state index is 13.6. The van der Waals surface area contributed by atoms with E-state index in [0.717, 1.165) is 0 Å². The van der Waals surface area contributed by atoms with E-state index in [9.17, 15) is 8.78 Å². The van der Waals surface area contributed by atoms with Crippen LogP contribution >= 0.6 is 23.2 Å². The highest BCUT2D eigenvalue weighted by Gasteiger charge is 2.13. The summed E-state index contributed by atoms with van der Waals surface area (Å²) < 4.78 is 27.2. The number of aromatic nitrogens is 3. The summed E-state index contributed by atoms with van der Waals surface area (Å²) in [6.07, 6.45) is -0.00982. The number of nitrogens with one attached hydrogen (secondary N) is 1. The summed E-state index contributed by atoms with van der Waals surface area (Å²) >= 11 is 11.6. The molecule has 3 rings (SSSR count). The molecule has 0 saturated heterocycles. The third kappa shape index (κ3) is 2.34. The number of halogens is 4. The number of benzene rings is 1. The molecule has 0 spiro atoms. The van der Waals surface area contributed by atoms with E-state index in [0.29, 0.717) is 17.0 Å². The number of pyridine rings is 1. The topological polar surface area (TPSA) is 41.6 Å². The molecule has 0 aliphatic carbocycles. The van der Waals surface area contributed by atoms with Crippen molar-refractivity contribution in [3.63, 3.8) is 0 Å². The lowest BCUT2D eigenvalue weighted by Gasteiger charge is -2.01. The predicted molar refractivity (Wildman–Crippen MR) is 73.1 cm³/mol. The standard InChI is InChI=1S/C13H7Cl2F2N3/c14-7-5-10-13(20-12(7)15)19-11(18-10)4-6-8(16)2-1-3-9(6)17/h1-3,5H,4H2,(H,18,19,20). The first-order chi connectivity index (χ1) is 9.54. The third-order valence-electron chi connectivity index (χ3n) is 2.84. The minimum Gasteiger partial charge on any atom is -0.340 e. The third-order valence-corrected chi connectivity index (χ3v) is 3.51. The van der Waals surface area contributed by atoms with Gasteiger partial charge in [0.2, 0.25) is 0 Å². The van der Waals surface area contributed by atoms with E-state index >= 15 is 0 Å². The van der Waals surface area contributed by atoms with Gasteiger partial charge in [-0.2, -0.15) is 0 Å². The van der Waals surface area contributed by atoms with Gasteiger partial charge in [-0.05, 0) is 18.2 Å². The Morgan fingerprint density at radius 3 is 2.50 bits per heavy atom. The number of aromatic amines is 1. The van der Waals surface area contributed by atoms with Crippen molar-refractivity contribution in [1.82, 2.24) is 15.0 Å². The Labute approximate surface area is 122 Å². The van der Waals surface area contributed by atoms with Gasteiger partial charge in [0.05, 0.1) is 10.5 Å². The highest BCUT2D eigenvalue weighted by Crippen LogP contribution is 2.24. The van der Waals surface area contributed by atoms with E-state index in [-0.39, 0.29) is 22.2 Å². The Kier molecular flexibility index (Phi) is 3.31. The molecule has 0 amide bonds. The van der Waals surface area contributed by atoms with Crippen molar-refractivity contribution < 1.29 is 8.78 Å². The molecule has 0 saturated carbocycles. The smallest absolute Gasteiger partial charge is 0.179 e. The summed E-state index contributed by atoms with van der Waals surface area (Å²) in [5, 5.41) is 0.417. The monoisotopic (exact) mass is 313 g/mol. The van der Waals surface area contributed by atoms with Crippen molar-refractivity contribution in [3.05, 3.63) is 57.5 Å². The fraction of sp³-hybridized carbons (Fsp3) is 0.0769. The number of H-pyrrole nitrogens is 1. The largest absolute Gasteiger partial charge is 0.340 e. The average Bonchev–Trinajstić information content (AvgIpc) is 2.76. The van der Waals surface area contributed by atoms with Crippen molar-refractivity contribution in [2.75, 3.05) is 0 Å². The first kappa shape index (κ1) is 13.3. The normalized spacial score (nSPS) is 11.2. The van der Waals surface area contributed by atoms with Crippen molar-refractivity contribution >= 4 is 34.4 Å². The first-order valence-corrected chi connectivity index (χ1v) is 6.43. The zero-order chi connectivity index (χ0) is 14.3. The van der Waals surface area contributed by atoms with Crippen LogP contribution in [-0.2, 0) is 6.42 Å². The van der Waals surface area contributed by atoms with Crippen molar-refractivity contribution in [1.29, 1.82) is 0 Å². The molecule has 2 aromatic heterocycles. The number of hydrogen-bond donors (Lipinski definition) is 1. The second kappa shape index (κ2) is 5.00. The molecule has 0 radical (unpaired) electrons. The minimum absolute atomic E-state index is 0.00982. The Morgan fingerprint density at radius 1 is 1.10 bits per heavy atom. The van der Waals surface area contributed by atoms with Gasteiger partial charge in [-0.3, -0.25) is 0 Å². The lowest BCUT2D eigenvalue weighted by atomic mass is 10.1. The molecule has 0 atom stereocenters. The van der Waals surface area contributed by atoms with Gasteiger partial charge in [0, 0.05) is 12.0 Å². The lowest BCUT2D eigenvalue weighted by molar-refractivity contribution is 0.559. The summed E-state index contributed by atoms with van der Waals surface area (Å²) in [5.74, 6) is -0.848. The van der Waals surface area contributed by atoms with E-state index in [2.05, 4.69) is 15.0 Å². The second-order valence-corrected chi connectivity index (χ2v) is 4.96. The molecule has 0 aliphatic rings. The molecule has 1 aromatic carbocycles. The molecule has 0 aliphatic heterocycles. The van der Waals surface area contributed by atoms with Gasteiger partial charge in [-0.25, -0.2) is 18.7 Å². The zero-order valence-electron chi connectivity index (χ0n) is 9.92. The Bertz CT molecular complexity index is 742. The van der Waals surface area contributed by atoms with Gasteiger partial charge in [0.15, 0.2) is 5.65 Å². The van der Waals surface area contributed by atoms with Crippen LogP contribution in [0.3, 0.4) is 0 Å². The van der Waals surface area contributed by atoms with Crippen LogP contribution in [0.25, 0.3) is 11.2 Å². The van der Waals surface area contributed by atoms with E-state index in [1.165, 1.54) is 18.2 Å². The summed E-state index contributed by atoms with van der Waals surface area (Å²) in [6, 6.07) is 5.29. The van der Waals surface area contributed by atoms with Crippen molar-refractivity contribution in [2.24, 2.45) is 0 Å². The lowest BCUT2D eigenvalue weighted by Crippen LogP contribution is -1.98. The van der Waals surface area contributed by atoms with Crippen LogP contribution in [0.1, 0.15) is 11.4 Å². The first-order valence-electron chi connectivity index (χ1n) is 5.68. The van der Waals surface area contributed by atoms with Crippen LogP contribution in [0, 0.1) is 11.6 Å². The van der Waals surface area contributed by atoms with Crippen LogP contribution in [-0.4, -0.2) is 15.0 Å². The SMILES string of the molecule is Fc1cccc(F)c1Cc1nc2nc(Cl)c(Cl)cc2[nH]1. The average molecular weight is 314 g/mol. The molecule has 3 nitrogen and oxygen atoms in total. The van der Waals surface area contributed by atoms with Crippen molar-refractivity contribution in [2.45, 2.75) is 6.42 Å². The van der Waals surface area contributed by atoms with Crippen LogP contribution in [0.15, 0.2) is 24.3 Å². The van der Waals surface area contributed by atoms with E-state index in [1.54, 1.807) is 6.07 Å². The van der Waals surface area contributed by atoms with Crippen LogP contribution in [0.2, 0.25) is 10.2 Å². The molecule has 20 heavy (non-hydrogen) atoms. The maximum Gasteiger partial charge on any atom is 0.179 e. The summed E-state index contributed by atoms with van der Waals surface area (Å²) in [4.78, 5) is 11.1. The summed E-state index contributed by atoms with van der Waals surface area (Å²) in [7, 11) is 0. The van der Waals surface area contributed by atoms with Crippen molar-refractivity contribution in [3.8, 4) is 0 Å². The summed E-state index contributed by atoms with van der Waals surface area (Å²) in [5.41, 5.74) is 0.862. The van der Waals surface area contributed by atoms with E-state index < -0.39 is 11.6 Å². The number of imidazole rings is 1. The molecule has 3 aromatic rings.